The van der Waals surface area contributed by atoms with Crippen LogP contribution >= 0.6 is 0 Å². The molecule has 5 nitrogen and oxygen atoms in total. The van der Waals surface area contributed by atoms with Crippen molar-refractivity contribution >= 4 is 76.6 Å². The lowest BCUT2D eigenvalue weighted by Crippen LogP contribution is -2.03. The van der Waals surface area contributed by atoms with E-state index < -0.39 is 0 Å². The number of fused-ring (bicyclic) bond motifs is 12. The average Bonchev–Trinajstić information content (AvgIpc) is 3.74. The Bertz CT molecular complexity index is 2600. The first-order chi connectivity index (χ1) is 21.3. The summed E-state index contributed by atoms with van der Waals surface area (Å²) in [4.78, 5) is 10.4. The molecule has 10 rings (SSSR count). The van der Waals surface area contributed by atoms with Crippen LogP contribution in [-0.4, -0.2) is 14.5 Å². The van der Waals surface area contributed by atoms with Crippen LogP contribution in [-0.2, 0) is 0 Å². The standard InChI is InChI=1S/C38H21N3O2/c1-2-10-22(11-3-1)35-27-14-4-7-15-28(27)39-38(40-35)41-29-20-18-25-23-12-5-8-16-31(23)42-36(25)33(29)34-30(41)21-19-26-24-13-6-9-17-32(24)43-37(26)34/h1-21H. The van der Waals surface area contributed by atoms with E-state index in [1.54, 1.807) is 0 Å². The highest BCUT2D eigenvalue weighted by Crippen LogP contribution is 2.44. The van der Waals surface area contributed by atoms with E-state index in [1.165, 1.54) is 0 Å². The molecule has 0 radical (unpaired) electrons. The molecule has 6 aromatic carbocycles. The number of furan rings is 2. The van der Waals surface area contributed by atoms with E-state index in [9.17, 15) is 0 Å². The van der Waals surface area contributed by atoms with Gasteiger partial charge in [0.15, 0.2) is 0 Å². The summed E-state index contributed by atoms with van der Waals surface area (Å²) < 4.78 is 15.4. The fraction of sp³-hybridized carbons (Fsp3) is 0. The van der Waals surface area contributed by atoms with E-state index in [1.807, 2.05) is 54.6 Å². The number of nitrogens with zero attached hydrogens (tertiary/aromatic N) is 3. The zero-order valence-electron chi connectivity index (χ0n) is 22.8. The van der Waals surface area contributed by atoms with Gasteiger partial charge in [-0.1, -0.05) is 84.9 Å². The minimum atomic E-state index is 0.600. The molecule has 0 fully saturated rings. The van der Waals surface area contributed by atoms with Crippen molar-refractivity contribution in [1.82, 2.24) is 14.5 Å². The Morgan fingerprint density at radius 2 is 0.977 bits per heavy atom. The number of para-hydroxylation sites is 3. The lowest BCUT2D eigenvalue weighted by Gasteiger charge is -2.11. The maximum Gasteiger partial charge on any atom is 0.235 e. The smallest absolute Gasteiger partial charge is 0.235 e. The number of hydrogen-bond acceptors (Lipinski definition) is 4. The molecule has 43 heavy (non-hydrogen) atoms. The summed E-state index contributed by atoms with van der Waals surface area (Å²) in [5, 5.41) is 7.31. The summed E-state index contributed by atoms with van der Waals surface area (Å²) in [6.45, 7) is 0. The van der Waals surface area contributed by atoms with Gasteiger partial charge in [0.1, 0.15) is 22.3 Å². The molecule has 0 aliphatic rings. The first-order valence-corrected chi connectivity index (χ1v) is 14.3. The van der Waals surface area contributed by atoms with E-state index in [4.69, 9.17) is 18.8 Å². The van der Waals surface area contributed by atoms with Gasteiger partial charge < -0.3 is 8.83 Å². The molecular weight excluding hydrogens is 530 g/mol. The molecule has 10 aromatic rings. The SMILES string of the molecule is c1ccc(-c2nc(-n3c4ccc5c6ccccc6oc5c4c4c5oc6ccccc6c5ccc43)nc3ccccc23)cc1. The third kappa shape index (κ3) is 3.05. The highest BCUT2D eigenvalue weighted by atomic mass is 16.3. The van der Waals surface area contributed by atoms with Crippen molar-refractivity contribution in [3.05, 3.63) is 127 Å². The zero-order chi connectivity index (χ0) is 28.1. The fourth-order valence-corrected chi connectivity index (χ4v) is 6.74. The molecule has 0 atom stereocenters. The van der Waals surface area contributed by atoms with Crippen LogP contribution < -0.4 is 0 Å². The van der Waals surface area contributed by atoms with Crippen molar-refractivity contribution in [1.29, 1.82) is 0 Å². The minimum Gasteiger partial charge on any atom is -0.455 e. The summed E-state index contributed by atoms with van der Waals surface area (Å²) in [7, 11) is 0. The quantitative estimate of drug-likeness (QED) is 0.214. The summed E-state index contributed by atoms with van der Waals surface area (Å²) in [6.07, 6.45) is 0. The summed E-state index contributed by atoms with van der Waals surface area (Å²) in [5.41, 5.74) is 8.13. The van der Waals surface area contributed by atoms with E-state index in [0.717, 1.165) is 87.8 Å². The molecule has 0 aliphatic heterocycles. The van der Waals surface area contributed by atoms with Crippen LogP contribution in [0, 0.1) is 0 Å². The maximum absolute atomic E-state index is 6.61. The van der Waals surface area contributed by atoms with Crippen LogP contribution in [0.1, 0.15) is 0 Å². The van der Waals surface area contributed by atoms with Crippen LogP contribution in [0.3, 0.4) is 0 Å². The summed E-state index contributed by atoms with van der Waals surface area (Å²) >= 11 is 0. The Labute approximate surface area is 244 Å². The van der Waals surface area contributed by atoms with Crippen molar-refractivity contribution in [2.75, 3.05) is 0 Å². The van der Waals surface area contributed by atoms with E-state index in [-0.39, 0.29) is 0 Å². The van der Waals surface area contributed by atoms with Gasteiger partial charge >= 0.3 is 0 Å². The topological polar surface area (TPSA) is 57.0 Å². The molecule has 0 bridgehead atoms. The Balaban J connectivity index is 1.42. The van der Waals surface area contributed by atoms with Crippen LogP contribution in [0.15, 0.2) is 136 Å². The van der Waals surface area contributed by atoms with E-state index >= 15 is 0 Å². The minimum absolute atomic E-state index is 0.600. The predicted octanol–water partition coefficient (Wildman–Crippen LogP) is 10.2. The van der Waals surface area contributed by atoms with Crippen molar-refractivity contribution in [3.8, 4) is 17.2 Å². The summed E-state index contributed by atoms with van der Waals surface area (Å²) in [6, 6.07) is 43.5. The third-order valence-electron chi connectivity index (χ3n) is 8.62. The average molecular weight is 552 g/mol. The van der Waals surface area contributed by atoms with E-state index in [0.29, 0.717) is 5.95 Å². The predicted molar refractivity (Wildman–Crippen MR) is 174 cm³/mol. The first kappa shape index (κ1) is 22.7. The largest absolute Gasteiger partial charge is 0.455 e. The Morgan fingerprint density at radius 1 is 0.442 bits per heavy atom. The van der Waals surface area contributed by atoms with Gasteiger partial charge in [0, 0.05) is 32.5 Å². The highest BCUT2D eigenvalue weighted by molar-refractivity contribution is 6.30. The van der Waals surface area contributed by atoms with Crippen LogP contribution in [0.2, 0.25) is 0 Å². The van der Waals surface area contributed by atoms with Crippen molar-refractivity contribution in [2.45, 2.75) is 0 Å². The monoisotopic (exact) mass is 551 g/mol. The Hall–Kier alpha value is -5.94. The molecule has 200 valence electrons. The fourth-order valence-electron chi connectivity index (χ4n) is 6.74. The lowest BCUT2D eigenvalue weighted by molar-refractivity contribution is 0.670. The normalized spacial score (nSPS) is 12.2. The molecule has 4 aromatic heterocycles. The van der Waals surface area contributed by atoms with Gasteiger partial charge in [-0.25, -0.2) is 9.97 Å². The van der Waals surface area contributed by atoms with Gasteiger partial charge in [0.25, 0.3) is 0 Å². The molecule has 0 spiro atoms. The summed E-state index contributed by atoms with van der Waals surface area (Å²) in [5.74, 6) is 0.600. The maximum atomic E-state index is 6.61. The van der Waals surface area contributed by atoms with Crippen LogP contribution in [0.4, 0.5) is 0 Å². The second-order valence-corrected chi connectivity index (χ2v) is 11.0. The van der Waals surface area contributed by atoms with Crippen molar-refractivity contribution < 1.29 is 8.83 Å². The number of hydrogen-bond donors (Lipinski definition) is 0. The number of benzene rings is 6. The van der Waals surface area contributed by atoms with Gasteiger partial charge in [0.05, 0.1) is 33.0 Å². The third-order valence-corrected chi connectivity index (χ3v) is 8.62. The second-order valence-electron chi connectivity index (χ2n) is 11.0. The Kier molecular flexibility index (Phi) is 4.39. The molecular formula is C38H21N3O2. The van der Waals surface area contributed by atoms with Crippen molar-refractivity contribution in [2.24, 2.45) is 0 Å². The molecule has 0 saturated heterocycles. The van der Waals surface area contributed by atoms with Gasteiger partial charge in [0.2, 0.25) is 5.95 Å². The molecule has 0 aliphatic carbocycles. The molecule has 0 N–H and O–H groups in total. The first-order valence-electron chi connectivity index (χ1n) is 14.3. The molecule has 0 saturated carbocycles. The van der Waals surface area contributed by atoms with Crippen LogP contribution in [0.25, 0.3) is 93.8 Å². The zero-order valence-corrected chi connectivity index (χ0v) is 22.8. The Morgan fingerprint density at radius 3 is 1.60 bits per heavy atom. The molecule has 0 amide bonds. The molecule has 4 heterocycles. The second kappa shape index (κ2) is 8.30. The van der Waals surface area contributed by atoms with Gasteiger partial charge in [-0.3, -0.25) is 4.57 Å². The molecule has 5 heteroatoms. The van der Waals surface area contributed by atoms with Gasteiger partial charge in [-0.2, -0.15) is 0 Å². The van der Waals surface area contributed by atoms with Crippen LogP contribution in [0.5, 0.6) is 0 Å². The number of rotatable bonds is 2. The molecule has 0 unspecified atom stereocenters. The number of aromatic nitrogens is 3. The van der Waals surface area contributed by atoms with E-state index in [2.05, 4.69) is 77.4 Å². The van der Waals surface area contributed by atoms with Crippen molar-refractivity contribution in [3.63, 3.8) is 0 Å². The highest BCUT2D eigenvalue weighted by Gasteiger charge is 2.24. The lowest BCUT2D eigenvalue weighted by atomic mass is 10.1. The van der Waals surface area contributed by atoms with Gasteiger partial charge in [-0.15, -0.1) is 0 Å². The van der Waals surface area contributed by atoms with Gasteiger partial charge in [-0.05, 0) is 42.5 Å².